The summed E-state index contributed by atoms with van der Waals surface area (Å²) < 4.78 is 0. The minimum absolute atomic E-state index is 0.259. The highest BCUT2D eigenvalue weighted by Crippen LogP contribution is 2.43. The Morgan fingerprint density at radius 3 is 2.44 bits per heavy atom. The average molecular weight is 599 g/mol. The lowest BCUT2D eigenvalue weighted by Gasteiger charge is -2.33. The number of carbonyl (C=O) groups is 1. The molecule has 0 radical (unpaired) electrons. The molecular weight excluding hydrogens is 552 g/mol. The smallest absolute Gasteiger partial charge is 0.233 e. The summed E-state index contributed by atoms with van der Waals surface area (Å²) in [6, 6.07) is 23.0. The van der Waals surface area contributed by atoms with Crippen LogP contribution in [0.3, 0.4) is 0 Å². The molecule has 2 aliphatic heterocycles. The van der Waals surface area contributed by atoms with Gasteiger partial charge in [0.1, 0.15) is 0 Å². The summed E-state index contributed by atoms with van der Waals surface area (Å²) in [4.78, 5) is 24.4. The molecule has 2 fully saturated rings. The van der Waals surface area contributed by atoms with Crippen molar-refractivity contribution in [3.8, 4) is 11.3 Å². The summed E-state index contributed by atoms with van der Waals surface area (Å²) in [6.45, 7) is 12.7. The largest absolute Gasteiger partial charge is 0.354 e. The number of hydrogen-bond acceptors (Lipinski definition) is 3. The van der Waals surface area contributed by atoms with Crippen LogP contribution in [-0.2, 0) is 16.6 Å². The van der Waals surface area contributed by atoms with Gasteiger partial charge in [0.05, 0.1) is 11.1 Å². The third kappa shape index (κ3) is 5.46. The number of carbonyl (C=O) groups excluding carboxylic acids is 1. The van der Waals surface area contributed by atoms with Crippen molar-refractivity contribution in [2.75, 3.05) is 13.1 Å². The summed E-state index contributed by atoms with van der Waals surface area (Å²) in [5, 5.41) is 7.47. The third-order valence-electron chi connectivity index (χ3n) is 10.6. The Bertz CT molecular complexity index is 1840. The molecule has 2 saturated heterocycles. The van der Waals surface area contributed by atoms with Gasteiger partial charge in [0.15, 0.2) is 0 Å². The summed E-state index contributed by atoms with van der Waals surface area (Å²) in [5.74, 6) is 0.548. The SMILES string of the molecule is Cc1cc(C)cc(-c2[nH]c3ccc(C(C)(C)C(=O)N4C5CCC4CC5)cc3c2[C@H](C)CNCCc2cccc3cnccc23)c1. The van der Waals surface area contributed by atoms with E-state index in [1.165, 1.54) is 49.7 Å². The Labute approximate surface area is 267 Å². The number of aryl methyl sites for hydroxylation is 2. The molecule has 45 heavy (non-hydrogen) atoms. The van der Waals surface area contributed by atoms with Gasteiger partial charge >= 0.3 is 0 Å². The minimum Gasteiger partial charge on any atom is -0.354 e. The predicted molar refractivity (Wildman–Crippen MR) is 186 cm³/mol. The number of H-pyrrole nitrogens is 1. The highest BCUT2D eigenvalue weighted by molar-refractivity contribution is 5.95. The van der Waals surface area contributed by atoms with Gasteiger partial charge in [0, 0.05) is 47.3 Å². The van der Waals surface area contributed by atoms with Crippen LogP contribution in [0.5, 0.6) is 0 Å². The van der Waals surface area contributed by atoms with E-state index in [9.17, 15) is 4.79 Å². The van der Waals surface area contributed by atoms with Crippen molar-refractivity contribution in [2.45, 2.75) is 90.1 Å². The van der Waals surface area contributed by atoms with Crippen molar-refractivity contribution in [1.29, 1.82) is 0 Å². The number of aromatic amines is 1. The van der Waals surface area contributed by atoms with Gasteiger partial charge < -0.3 is 15.2 Å². The van der Waals surface area contributed by atoms with Crippen molar-refractivity contribution in [3.63, 3.8) is 0 Å². The van der Waals surface area contributed by atoms with Gasteiger partial charge in [-0.25, -0.2) is 0 Å². The maximum Gasteiger partial charge on any atom is 0.233 e. The molecule has 0 spiro atoms. The second kappa shape index (κ2) is 11.8. The van der Waals surface area contributed by atoms with Gasteiger partial charge in [-0.1, -0.05) is 48.4 Å². The molecule has 7 rings (SSSR count). The van der Waals surface area contributed by atoms with E-state index >= 15 is 0 Å². The number of fused-ring (bicyclic) bond motifs is 4. The maximum absolute atomic E-state index is 14.1. The van der Waals surface area contributed by atoms with Crippen molar-refractivity contribution in [3.05, 3.63) is 101 Å². The zero-order chi connectivity index (χ0) is 31.3. The zero-order valence-electron chi connectivity index (χ0n) is 27.4. The van der Waals surface area contributed by atoms with Crippen LogP contribution in [-0.4, -0.2) is 45.9 Å². The van der Waals surface area contributed by atoms with Gasteiger partial charge in [-0.3, -0.25) is 9.78 Å². The molecule has 2 aromatic heterocycles. The normalized spacial score (nSPS) is 18.7. The molecule has 1 atom stereocenters. The van der Waals surface area contributed by atoms with Crippen LogP contribution in [0.4, 0.5) is 0 Å². The molecule has 2 bridgehead atoms. The predicted octanol–water partition coefficient (Wildman–Crippen LogP) is 8.37. The third-order valence-corrected chi connectivity index (χ3v) is 10.6. The molecule has 2 aliphatic rings. The molecule has 2 N–H and O–H groups in total. The van der Waals surface area contributed by atoms with E-state index in [2.05, 4.69) is 115 Å². The summed E-state index contributed by atoms with van der Waals surface area (Å²) in [7, 11) is 0. The van der Waals surface area contributed by atoms with E-state index in [-0.39, 0.29) is 11.8 Å². The molecule has 1 amide bonds. The van der Waals surface area contributed by atoms with Gasteiger partial charge in [0.25, 0.3) is 0 Å². The van der Waals surface area contributed by atoms with Crippen LogP contribution < -0.4 is 5.32 Å². The fourth-order valence-corrected chi connectivity index (χ4v) is 8.20. The molecule has 0 unspecified atom stereocenters. The van der Waals surface area contributed by atoms with Crippen LogP contribution in [0.15, 0.2) is 73.1 Å². The van der Waals surface area contributed by atoms with Crippen LogP contribution in [0, 0.1) is 13.8 Å². The molecule has 232 valence electrons. The number of pyridine rings is 1. The Hall–Kier alpha value is -3.96. The standard InChI is InChI=1S/C40H46N4O/c1-25-19-26(2)21-30(20-25)38-37(27(3)23-41-17-15-28-7-6-8-29-24-42-18-16-34(28)29)35-22-31(9-14-36(35)43-38)40(4,5)39(45)44-32-10-11-33(44)13-12-32/h6-9,14,16,18-22,24,27,32-33,41,43H,10-13,15,17,23H2,1-5H3/t27-,32?,33?/m1/s1. The lowest BCUT2D eigenvalue weighted by Crippen LogP contribution is -2.45. The highest BCUT2D eigenvalue weighted by Gasteiger charge is 2.47. The van der Waals surface area contributed by atoms with Crippen LogP contribution >= 0.6 is 0 Å². The number of aromatic nitrogens is 2. The fourth-order valence-electron chi connectivity index (χ4n) is 8.20. The molecule has 4 heterocycles. The lowest BCUT2D eigenvalue weighted by atomic mass is 9.81. The summed E-state index contributed by atoms with van der Waals surface area (Å²) in [5.41, 5.74) is 9.26. The Balaban J connectivity index is 1.20. The van der Waals surface area contributed by atoms with E-state index in [1.54, 1.807) is 0 Å². The second-order valence-corrected chi connectivity index (χ2v) is 14.2. The van der Waals surface area contributed by atoms with Crippen LogP contribution in [0.2, 0.25) is 0 Å². The zero-order valence-corrected chi connectivity index (χ0v) is 27.4. The number of nitrogens with zero attached hydrogens (tertiary/aromatic N) is 2. The topological polar surface area (TPSA) is 61.0 Å². The molecule has 5 nitrogen and oxygen atoms in total. The van der Waals surface area contributed by atoms with Crippen LogP contribution in [0.1, 0.15) is 80.2 Å². The van der Waals surface area contributed by atoms with Crippen molar-refractivity contribution in [1.82, 2.24) is 20.2 Å². The highest BCUT2D eigenvalue weighted by atomic mass is 16.2. The van der Waals surface area contributed by atoms with Gasteiger partial charge in [-0.05, 0) is 130 Å². The molecule has 0 saturated carbocycles. The van der Waals surface area contributed by atoms with E-state index < -0.39 is 5.41 Å². The molecular formula is C40H46N4O. The Kier molecular flexibility index (Phi) is 7.77. The molecule has 5 aromatic rings. The number of benzene rings is 3. The number of hydrogen-bond donors (Lipinski definition) is 2. The lowest BCUT2D eigenvalue weighted by molar-refractivity contribution is -0.137. The van der Waals surface area contributed by atoms with Gasteiger partial charge in [-0.2, -0.15) is 0 Å². The first kappa shape index (κ1) is 29.7. The first-order chi connectivity index (χ1) is 21.7. The second-order valence-electron chi connectivity index (χ2n) is 14.2. The number of amides is 1. The van der Waals surface area contributed by atoms with E-state index in [4.69, 9.17) is 0 Å². The number of rotatable bonds is 9. The maximum atomic E-state index is 14.1. The first-order valence-corrected chi connectivity index (χ1v) is 16.8. The monoisotopic (exact) mass is 598 g/mol. The molecule has 3 aromatic carbocycles. The fraction of sp³-hybridized carbons (Fsp3) is 0.400. The van der Waals surface area contributed by atoms with E-state index in [0.717, 1.165) is 56.3 Å². The Morgan fingerprint density at radius 1 is 0.978 bits per heavy atom. The first-order valence-electron chi connectivity index (χ1n) is 16.8. The quantitative estimate of drug-likeness (QED) is 0.168. The number of nitrogens with one attached hydrogen (secondary N) is 2. The van der Waals surface area contributed by atoms with Crippen molar-refractivity contribution in [2.24, 2.45) is 0 Å². The Morgan fingerprint density at radius 2 is 1.71 bits per heavy atom. The summed E-state index contributed by atoms with van der Waals surface area (Å²) >= 11 is 0. The molecule has 0 aliphatic carbocycles. The van der Waals surface area contributed by atoms with Crippen LogP contribution in [0.25, 0.3) is 32.9 Å². The van der Waals surface area contributed by atoms with E-state index in [0.29, 0.717) is 12.1 Å². The molecule has 5 heteroatoms. The van der Waals surface area contributed by atoms with Crippen molar-refractivity contribution < 1.29 is 4.79 Å². The van der Waals surface area contributed by atoms with E-state index in [1.807, 2.05) is 12.4 Å². The minimum atomic E-state index is -0.580. The van der Waals surface area contributed by atoms with Crippen molar-refractivity contribution >= 4 is 27.6 Å². The van der Waals surface area contributed by atoms with Gasteiger partial charge in [-0.15, -0.1) is 0 Å². The average Bonchev–Trinajstić information content (AvgIpc) is 3.74. The summed E-state index contributed by atoms with van der Waals surface area (Å²) in [6.07, 6.45) is 9.43. The van der Waals surface area contributed by atoms with Gasteiger partial charge in [0.2, 0.25) is 5.91 Å².